The van der Waals surface area contributed by atoms with Crippen molar-refractivity contribution in [3.05, 3.63) is 58.8 Å². The summed E-state index contributed by atoms with van der Waals surface area (Å²) in [4.78, 5) is 4.65. The molecule has 2 heterocycles. The van der Waals surface area contributed by atoms with Crippen molar-refractivity contribution in [2.24, 2.45) is 0 Å². The quantitative estimate of drug-likeness (QED) is 0.526. The first-order chi connectivity index (χ1) is 10.2. The molecule has 2 aromatic heterocycles. The number of hydrogen-bond donors (Lipinski definition) is 0. The van der Waals surface area contributed by atoms with Gasteiger partial charge in [0.25, 0.3) is 0 Å². The molecular weight excluding hydrogens is 328 g/mol. The number of aromatic nitrogens is 4. The monoisotopic (exact) mass is 338 g/mol. The van der Waals surface area contributed by atoms with Crippen LogP contribution in [0.2, 0.25) is 0 Å². The smallest absolute Gasteiger partial charge is 0.171 e. The molecule has 0 aliphatic heterocycles. The highest BCUT2D eigenvalue weighted by atomic mass is 79.9. The van der Waals surface area contributed by atoms with E-state index in [0.29, 0.717) is 0 Å². The second-order valence-electron chi connectivity index (χ2n) is 4.87. The summed E-state index contributed by atoms with van der Waals surface area (Å²) in [6.45, 7) is 1.98. The third-order valence-electron chi connectivity index (χ3n) is 3.52. The molecule has 0 fully saturated rings. The first-order valence-corrected chi connectivity index (χ1v) is 7.40. The van der Waals surface area contributed by atoms with Gasteiger partial charge in [-0.15, -0.1) is 10.2 Å². The first kappa shape index (κ1) is 12.5. The maximum absolute atomic E-state index is 4.65. The predicted molar refractivity (Wildman–Crippen MR) is 86.2 cm³/mol. The minimum absolute atomic E-state index is 0.813. The Morgan fingerprint density at radius 3 is 2.52 bits per heavy atom. The van der Waals surface area contributed by atoms with E-state index in [-0.39, 0.29) is 0 Å². The van der Waals surface area contributed by atoms with Crippen molar-refractivity contribution in [2.75, 3.05) is 0 Å². The Morgan fingerprint density at radius 1 is 0.952 bits per heavy atom. The average Bonchev–Trinajstić information content (AvgIpc) is 2.94. The van der Waals surface area contributed by atoms with Crippen molar-refractivity contribution in [1.29, 1.82) is 0 Å². The van der Waals surface area contributed by atoms with Gasteiger partial charge in [0.1, 0.15) is 5.82 Å². The van der Waals surface area contributed by atoms with E-state index in [1.165, 1.54) is 0 Å². The minimum Gasteiger partial charge on any atom is -0.262 e. The summed E-state index contributed by atoms with van der Waals surface area (Å²) in [5, 5.41) is 9.74. The molecule has 0 spiro atoms. The first-order valence-electron chi connectivity index (χ1n) is 6.60. The highest BCUT2D eigenvalue weighted by molar-refractivity contribution is 9.10. The molecule has 0 bridgehead atoms. The van der Waals surface area contributed by atoms with Gasteiger partial charge in [-0.1, -0.05) is 40.2 Å². The van der Waals surface area contributed by atoms with E-state index >= 15 is 0 Å². The van der Waals surface area contributed by atoms with E-state index in [0.717, 1.165) is 38.2 Å². The van der Waals surface area contributed by atoms with Crippen LogP contribution in [0, 0.1) is 6.92 Å². The van der Waals surface area contributed by atoms with E-state index in [9.17, 15) is 0 Å². The van der Waals surface area contributed by atoms with E-state index < -0.39 is 0 Å². The molecule has 0 N–H and O–H groups in total. The molecule has 0 saturated heterocycles. The van der Waals surface area contributed by atoms with Crippen LogP contribution in [0.5, 0.6) is 0 Å². The van der Waals surface area contributed by atoms with Gasteiger partial charge in [0, 0.05) is 15.4 Å². The highest BCUT2D eigenvalue weighted by Gasteiger charge is 2.13. The SMILES string of the molecule is Cc1nc2ccccc2c2nnc(-c3ccc(Br)cc3)n12. The molecule has 0 aliphatic carbocycles. The minimum atomic E-state index is 0.813. The summed E-state index contributed by atoms with van der Waals surface area (Å²) in [6.07, 6.45) is 0. The lowest BCUT2D eigenvalue weighted by molar-refractivity contribution is 1.01. The van der Waals surface area contributed by atoms with Crippen molar-refractivity contribution >= 4 is 32.5 Å². The van der Waals surface area contributed by atoms with E-state index in [4.69, 9.17) is 0 Å². The Bertz CT molecular complexity index is 957. The molecular formula is C16H11BrN4. The molecule has 2 aromatic carbocycles. The third kappa shape index (κ3) is 1.93. The zero-order chi connectivity index (χ0) is 14.4. The zero-order valence-electron chi connectivity index (χ0n) is 11.3. The van der Waals surface area contributed by atoms with Gasteiger partial charge in [0.05, 0.1) is 5.52 Å². The molecule has 102 valence electrons. The number of hydrogen-bond acceptors (Lipinski definition) is 3. The van der Waals surface area contributed by atoms with Crippen LogP contribution in [0.4, 0.5) is 0 Å². The number of halogens is 1. The summed E-state index contributed by atoms with van der Waals surface area (Å²) < 4.78 is 3.05. The van der Waals surface area contributed by atoms with Crippen LogP contribution in [-0.2, 0) is 0 Å². The summed E-state index contributed by atoms with van der Waals surface area (Å²) in [7, 11) is 0. The number of fused-ring (bicyclic) bond motifs is 3. The largest absolute Gasteiger partial charge is 0.262 e. The Hall–Kier alpha value is -2.27. The van der Waals surface area contributed by atoms with Gasteiger partial charge >= 0.3 is 0 Å². The van der Waals surface area contributed by atoms with Gasteiger partial charge in [0.15, 0.2) is 11.5 Å². The number of benzene rings is 2. The fraction of sp³-hybridized carbons (Fsp3) is 0.0625. The maximum Gasteiger partial charge on any atom is 0.171 e. The summed E-state index contributed by atoms with van der Waals surface area (Å²) in [5.74, 6) is 1.69. The fourth-order valence-electron chi connectivity index (χ4n) is 2.54. The van der Waals surface area contributed by atoms with Crippen LogP contribution in [0.1, 0.15) is 5.82 Å². The number of rotatable bonds is 1. The van der Waals surface area contributed by atoms with Gasteiger partial charge in [-0.2, -0.15) is 0 Å². The van der Waals surface area contributed by atoms with Gasteiger partial charge in [0.2, 0.25) is 0 Å². The van der Waals surface area contributed by atoms with Crippen LogP contribution in [0.15, 0.2) is 53.0 Å². The second kappa shape index (κ2) is 4.63. The van der Waals surface area contributed by atoms with Gasteiger partial charge in [-0.25, -0.2) is 4.98 Å². The van der Waals surface area contributed by atoms with Gasteiger partial charge in [-0.05, 0) is 31.2 Å². The molecule has 0 radical (unpaired) electrons. The van der Waals surface area contributed by atoms with Crippen molar-refractivity contribution in [1.82, 2.24) is 19.6 Å². The normalized spacial score (nSPS) is 11.3. The molecule has 4 rings (SSSR count). The van der Waals surface area contributed by atoms with Crippen molar-refractivity contribution in [3.63, 3.8) is 0 Å². The Labute approximate surface area is 129 Å². The van der Waals surface area contributed by atoms with Crippen molar-refractivity contribution in [3.8, 4) is 11.4 Å². The van der Waals surface area contributed by atoms with Crippen LogP contribution in [0.25, 0.3) is 27.9 Å². The third-order valence-corrected chi connectivity index (χ3v) is 4.04. The highest BCUT2D eigenvalue weighted by Crippen LogP contribution is 2.25. The number of aryl methyl sites for hydroxylation is 1. The van der Waals surface area contributed by atoms with Gasteiger partial charge < -0.3 is 0 Å². The Morgan fingerprint density at radius 2 is 1.71 bits per heavy atom. The van der Waals surface area contributed by atoms with Crippen molar-refractivity contribution in [2.45, 2.75) is 6.92 Å². The summed E-state index contributed by atoms with van der Waals surface area (Å²) >= 11 is 3.45. The predicted octanol–water partition coefficient (Wildman–Crippen LogP) is 4.02. The Kier molecular flexibility index (Phi) is 2.75. The molecule has 0 aliphatic rings. The molecule has 0 saturated carbocycles. The van der Waals surface area contributed by atoms with Crippen LogP contribution < -0.4 is 0 Å². The second-order valence-corrected chi connectivity index (χ2v) is 5.78. The lowest BCUT2D eigenvalue weighted by Crippen LogP contribution is -1.99. The molecule has 5 heteroatoms. The molecule has 0 atom stereocenters. The molecule has 21 heavy (non-hydrogen) atoms. The van der Waals surface area contributed by atoms with Crippen LogP contribution in [-0.4, -0.2) is 19.6 Å². The topological polar surface area (TPSA) is 43.1 Å². The lowest BCUT2D eigenvalue weighted by atomic mass is 10.2. The summed E-state index contributed by atoms with van der Waals surface area (Å²) in [6, 6.07) is 16.0. The summed E-state index contributed by atoms with van der Waals surface area (Å²) in [5.41, 5.74) is 2.80. The Balaban J connectivity index is 2.08. The van der Waals surface area contributed by atoms with E-state index in [2.05, 4.69) is 31.1 Å². The van der Waals surface area contributed by atoms with E-state index in [1.54, 1.807) is 0 Å². The van der Waals surface area contributed by atoms with Crippen LogP contribution >= 0.6 is 15.9 Å². The van der Waals surface area contributed by atoms with Crippen LogP contribution in [0.3, 0.4) is 0 Å². The number of para-hydroxylation sites is 1. The number of nitrogens with zero attached hydrogens (tertiary/aromatic N) is 4. The van der Waals surface area contributed by atoms with E-state index in [1.807, 2.05) is 59.9 Å². The maximum atomic E-state index is 4.65. The molecule has 4 aromatic rings. The fourth-order valence-corrected chi connectivity index (χ4v) is 2.80. The van der Waals surface area contributed by atoms with Crippen molar-refractivity contribution < 1.29 is 0 Å². The molecule has 0 unspecified atom stereocenters. The zero-order valence-corrected chi connectivity index (χ0v) is 12.9. The lowest BCUT2D eigenvalue weighted by Gasteiger charge is -2.06. The van der Waals surface area contributed by atoms with Gasteiger partial charge in [-0.3, -0.25) is 4.40 Å². The molecule has 0 amide bonds. The molecule has 4 nitrogen and oxygen atoms in total. The standard InChI is InChI=1S/C16H11BrN4/c1-10-18-14-5-3-2-4-13(14)16-20-19-15(21(10)16)11-6-8-12(17)9-7-11/h2-9H,1H3. The average molecular weight is 339 g/mol.